The van der Waals surface area contributed by atoms with E-state index in [4.69, 9.17) is 0 Å². The Morgan fingerprint density at radius 1 is 1.38 bits per heavy atom. The maximum absolute atomic E-state index is 12.3. The molecule has 7 heteroatoms. The normalized spacial score (nSPS) is 14.5. The summed E-state index contributed by atoms with van der Waals surface area (Å²) in [6, 6.07) is 5.90. The van der Waals surface area contributed by atoms with Crippen molar-refractivity contribution in [3.8, 4) is 0 Å². The van der Waals surface area contributed by atoms with Crippen molar-refractivity contribution in [3.05, 3.63) is 29.8 Å². The molecular weight excluding hydrogens is 310 g/mol. The van der Waals surface area contributed by atoms with Crippen molar-refractivity contribution in [2.24, 2.45) is 0 Å². The van der Waals surface area contributed by atoms with E-state index >= 15 is 0 Å². The number of hydrogen-bond acceptors (Lipinski definition) is 5. The van der Waals surface area contributed by atoms with Gasteiger partial charge in [0.1, 0.15) is 0 Å². The first-order valence-corrected chi connectivity index (χ1v) is 9.57. The van der Waals surface area contributed by atoms with Gasteiger partial charge in [0.05, 0.1) is 22.8 Å². The SMILES string of the molecule is CCS(=O)(=O)c1ccccc1C(=O)NC(C)C(CO)SC. The molecule has 2 atom stereocenters. The second-order valence-corrected chi connectivity index (χ2v) is 7.94. The topological polar surface area (TPSA) is 83.5 Å². The van der Waals surface area contributed by atoms with E-state index in [0.717, 1.165) is 0 Å². The number of carbonyl (C=O) groups is 1. The molecule has 0 aliphatic rings. The first kappa shape index (κ1) is 18.0. The van der Waals surface area contributed by atoms with Crippen LogP contribution in [-0.4, -0.2) is 49.3 Å². The highest BCUT2D eigenvalue weighted by atomic mass is 32.2. The largest absolute Gasteiger partial charge is 0.395 e. The Bertz CT molecular complexity index is 582. The lowest BCUT2D eigenvalue weighted by molar-refractivity contribution is 0.0932. The molecule has 1 aromatic carbocycles. The van der Waals surface area contributed by atoms with Crippen LogP contribution in [0.25, 0.3) is 0 Å². The maximum atomic E-state index is 12.3. The fraction of sp³-hybridized carbons (Fsp3) is 0.500. The summed E-state index contributed by atoms with van der Waals surface area (Å²) in [6.07, 6.45) is 1.85. The van der Waals surface area contributed by atoms with Crippen molar-refractivity contribution in [1.82, 2.24) is 5.32 Å². The molecule has 0 saturated carbocycles. The molecule has 0 aliphatic heterocycles. The Kier molecular flexibility index (Phi) is 6.70. The number of hydrogen-bond donors (Lipinski definition) is 2. The van der Waals surface area contributed by atoms with Gasteiger partial charge in [-0.2, -0.15) is 11.8 Å². The molecule has 0 fully saturated rings. The monoisotopic (exact) mass is 331 g/mol. The molecule has 2 unspecified atom stereocenters. The number of aliphatic hydroxyl groups excluding tert-OH is 1. The van der Waals surface area contributed by atoms with E-state index in [2.05, 4.69) is 5.32 Å². The fourth-order valence-electron chi connectivity index (χ4n) is 1.90. The number of aliphatic hydroxyl groups is 1. The molecule has 118 valence electrons. The summed E-state index contributed by atoms with van der Waals surface area (Å²) < 4.78 is 24.1. The number of thioether (sulfide) groups is 1. The van der Waals surface area contributed by atoms with Crippen molar-refractivity contribution < 1.29 is 18.3 Å². The number of rotatable bonds is 7. The summed E-state index contributed by atoms with van der Waals surface area (Å²) in [7, 11) is -3.46. The minimum absolute atomic E-state index is 0.0434. The molecule has 0 heterocycles. The molecule has 1 rings (SSSR count). The summed E-state index contributed by atoms with van der Waals surface area (Å²) >= 11 is 1.45. The van der Waals surface area contributed by atoms with Gasteiger partial charge in [-0.1, -0.05) is 19.1 Å². The lowest BCUT2D eigenvalue weighted by atomic mass is 10.1. The summed E-state index contributed by atoms with van der Waals surface area (Å²) in [6.45, 7) is 3.27. The highest BCUT2D eigenvalue weighted by Crippen LogP contribution is 2.18. The van der Waals surface area contributed by atoms with Crippen LogP contribution in [0.15, 0.2) is 29.2 Å². The van der Waals surface area contributed by atoms with Crippen molar-refractivity contribution in [3.63, 3.8) is 0 Å². The van der Waals surface area contributed by atoms with E-state index in [-0.39, 0.29) is 34.1 Å². The van der Waals surface area contributed by atoms with Gasteiger partial charge in [-0.25, -0.2) is 8.42 Å². The van der Waals surface area contributed by atoms with Gasteiger partial charge >= 0.3 is 0 Å². The first-order chi connectivity index (χ1) is 9.87. The zero-order valence-electron chi connectivity index (χ0n) is 12.4. The minimum Gasteiger partial charge on any atom is -0.395 e. The van der Waals surface area contributed by atoms with Crippen molar-refractivity contribution >= 4 is 27.5 Å². The number of carbonyl (C=O) groups excluding carboxylic acids is 1. The van der Waals surface area contributed by atoms with Gasteiger partial charge in [-0.3, -0.25) is 4.79 Å². The highest BCUT2D eigenvalue weighted by Gasteiger charge is 2.23. The molecule has 0 bridgehead atoms. The molecule has 0 radical (unpaired) electrons. The van der Waals surface area contributed by atoms with Crippen LogP contribution in [-0.2, 0) is 9.84 Å². The van der Waals surface area contributed by atoms with Crippen LogP contribution >= 0.6 is 11.8 Å². The van der Waals surface area contributed by atoms with E-state index < -0.39 is 15.7 Å². The van der Waals surface area contributed by atoms with E-state index in [0.29, 0.717) is 0 Å². The molecule has 5 nitrogen and oxygen atoms in total. The van der Waals surface area contributed by atoms with Gasteiger partial charge in [0.2, 0.25) is 0 Å². The van der Waals surface area contributed by atoms with E-state index in [1.54, 1.807) is 26.0 Å². The Balaban J connectivity index is 3.04. The van der Waals surface area contributed by atoms with Crippen LogP contribution in [0.4, 0.5) is 0 Å². The standard InChI is InChI=1S/C14H21NO4S2/c1-4-21(18,19)13-8-6-5-7-11(13)14(17)15-10(2)12(9-16)20-3/h5-8,10,12,16H,4,9H2,1-3H3,(H,15,17). The quantitative estimate of drug-likeness (QED) is 0.787. The van der Waals surface area contributed by atoms with E-state index in [1.165, 1.54) is 23.9 Å². The third-order valence-corrected chi connectivity index (χ3v) is 6.19. The molecule has 1 amide bonds. The van der Waals surface area contributed by atoms with Gasteiger partial charge in [0.25, 0.3) is 5.91 Å². The van der Waals surface area contributed by atoms with Crippen LogP contribution in [0.1, 0.15) is 24.2 Å². The number of amides is 1. The molecule has 1 aromatic rings. The number of nitrogens with one attached hydrogen (secondary N) is 1. The van der Waals surface area contributed by atoms with Crippen LogP contribution in [0.2, 0.25) is 0 Å². The van der Waals surface area contributed by atoms with Gasteiger partial charge in [-0.05, 0) is 25.3 Å². The average molecular weight is 331 g/mol. The summed E-state index contributed by atoms with van der Waals surface area (Å²) in [4.78, 5) is 12.4. The lowest BCUT2D eigenvalue weighted by Gasteiger charge is -2.21. The lowest BCUT2D eigenvalue weighted by Crippen LogP contribution is -2.41. The van der Waals surface area contributed by atoms with E-state index in [9.17, 15) is 18.3 Å². The average Bonchev–Trinajstić information content (AvgIpc) is 2.48. The zero-order valence-corrected chi connectivity index (χ0v) is 14.0. The minimum atomic E-state index is -3.46. The van der Waals surface area contributed by atoms with Gasteiger partial charge in [0, 0.05) is 11.3 Å². The van der Waals surface area contributed by atoms with Crippen LogP contribution in [0.5, 0.6) is 0 Å². The molecule has 0 aliphatic carbocycles. The second kappa shape index (κ2) is 7.82. The smallest absolute Gasteiger partial charge is 0.252 e. The van der Waals surface area contributed by atoms with Crippen molar-refractivity contribution in [2.75, 3.05) is 18.6 Å². The number of sulfone groups is 1. The summed E-state index contributed by atoms with van der Waals surface area (Å²) in [5.41, 5.74) is 0.143. The molecule has 0 saturated heterocycles. The third-order valence-electron chi connectivity index (χ3n) is 3.25. The first-order valence-electron chi connectivity index (χ1n) is 6.63. The fourth-order valence-corrected chi connectivity index (χ4v) is 3.61. The van der Waals surface area contributed by atoms with E-state index in [1.807, 2.05) is 6.26 Å². The highest BCUT2D eigenvalue weighted by molar-refractivity contribution is 7.99. The van der Waals surface area contributed by atoms with Crippen LogP contribution in [0, 0.1) is 0 Å². The Labute approximate surface area is 130 Å². The van der Waals surface area contributed by atoms with Crippen LogP contribution in [0.3, 0.4) is 0 Å². The zero-order chi connectivity index (χ0) is 16.0. The predicted octanol–water partition coefficient (Wildman–Crippen LogP) is 1.32. The summed E-state index contributed by atoms with van der Waals surface area (Å²) in [5, 5.41) is 11.8. The predicted molar refractivity (Wildman–Crippen MR) is 85.5 cm³/mol. The summed E-state index contributed by atoms with van der Waals surface area (Å²) in [5.74, 6) is -0.501. The number of benzene rings is 1. The maximum Gasteiger partial charge on any atom is 0.252 e. The van der Waals surface area contributed by atoms with Crippen molar-refractivity contribution in [2.45, 2.75) is 30.0 Å². The van der Waals surface area contributed by atoms with Crippen LogP contribution < -0.4 is 5.32 Å². The van der Waals surface area contributed by atoms with Gasteiger partial charge in [0.15, 0.2) is 9.84 Å². The molecular formula is C14H21NO4S2. The van der Waals surface area contributed by atoms with Crippen molar-refractivity contribution in [1.29, 1.82) is 0 Å². The van der Waals surface area contributed by atoms with Gasteiger partial charge in [-0.15, -0.1) is 0 Å². The van der Waals surface area contributed by atoms with Gasteiger partial charge < -0.3 is 10.4 Å². The molecule has 0 spiro atoms. The molecule has 0 aromatic heterocycles. The Hall–Kier alpha value is -1.05. The Morgan fingerprint density at radius 2 is 2.00 bits per heavy atom. The third kappa shape index (κ3) is 4.46. The molecule has 21 heavy (non-hydrogen) atoms. The second-order valence-electron chi connectivity index (χ2n) is 4.62. The Morgan fingerprint density at radius 3 is 2.52 bits per heavy atom. The molecule has 2 N–H and O–H groups in total.